The van der Waals surface area contributed by atoms with Crippen LogP contribution >= 0.6 is 0 Å². The minimum Gasteiger partial charge on any atom is -0.365 e. The van der Waals surface area contributed by atoms with E-state index in [0.717, 1.165) is 0 Å². The first-order valence-corrected chi connectivity index (χ1v) is 5.42. The van der Waals surface area contributed by atoms with Crippen molar-refractivity contribution in [3.8, 4) is 0 Å². The molecule has 0 fully saturated rings. The van der Waals surface area contributed by atoms with E-state index in [2.05, 4.69) is 10.3 Å². The summed E-state index contributed by atoms with van der Waals surface area (Å²) in [6.07, 6.45) is -3.76. The Morgan fingerprint density at radius 2 is 1.95 bits per heavy atom. The third kappa shape index (κ3) is 2.86. The van der Waals surface area contributed by atoms with Gasteiger partial charge in [-0.2, -0.15) is 8.78 Å². The van der Waals surface area contributed by atoms with E-state index >= 15 is 0 Å². The number of pyridine rings is 1. The molecule has 0 atom stereocenters. The molecule has 1 aromatic carbocycles. The number of rotatable bonds is 4. The Hall–Kier alpha value is -2.05. The number of alkyl halides is 4. The SMILES string of the molecule is O=c1[nH]c(NCC(F)(F)C(F)F)cc2ccccc12. The highest BCUT2D eigenvalue weighted by molar-refractivity contribution is 5.83. The predicted octanol–water partition coefficient (Wildman–Crippen LogP) is 2.84. The second kappa shape index (κ2) is 4.91. The molecule has 0 amide bonds. The molecule has 2 rings (SSSR count). The number of aromatic nitrogens is 1. The lowest BCUT2D eigenvalue weighted by molar-refractivity contribution is -0.117. The second-order valence-corrected chi connectivity index (χ2v) is 4.01. The lowest BCUT2D eigenvalue weighted by Gasteiger charge is -2.16. The molecule has 2 N–H and O–H groups in total. The van der Waals surface area contributed by atoms with Crippen molar-refractivity contribution < 1.29 is 17.6 Å². The van der Waals surface area contributed by atoms with Crippen LogP contribution in [0.1, 0.15) is 0 Å². The van der Waals surface area contributed by atoms with Crippen molar-refractivity contribution in [1.29, 1.82) is 0 Å². The van der Waals surface area contributed by atoms with Gasteiger partial charge in [-0.25, -0.2) is 8.78 Å². The van der Waals surface area contributed by atoms with Crippen LogP contribution in [0.5, 0.6) is 0 Å². The second-order valence-electron chi connectivity index (χ2n) is 4.01. The highest BCUT2D eigenvalue weighted by atomic mass is 19.3. The van der Waals surface area contributed by atoms with Crippen LogP contribution in [0.15, 0.2) is 35.1 Å². The maximum atomic E-state index is 12.7. The minimum atomic E-state index is -4.15. The van der Waals surface area contributed by atoms with Gasteiger partial charge in [0, 0.05) is 5.39 Å². The van der Waals surface area contributed by atoms with Gasteiger partial charge in [0.15, 0.2) is 0 Å². The lowest BCUT2D eigenvalue weighted by Crippen LogP contribution is -2.35. The first-order valence-electron chi connectivity index (χ1n) is 5.42. The summed E-state index contributed by atoms with van der Waals surface area (Å²) < 4.78 is 49.5. The predicted molar refractivity (Wildman–Crippen MR) is 64.0 cm³/mol. The molecule has 102 valence electrons. The Kier molecular flexibility index (Phi) is 3.46. The zero-order valence-electron chi connectivity index (χ0n) is 9.59. The summed E-state index contributed by atoms with van der Waals surface area (Å²) in [6.45, 7) is -1.25. The molecule has 0 spiro atoms. The van der Waals surface area contributed by atoms with Gasteiger partial charge in [0.2, 0.25) is 0 Å². The van der Waals surface area contributed by atoms with Gasteiger partial charge in [0.25, 0.3) is 5.56 Å². The van der Waals surface area contributed by atoms with Crippen LogP contribution in [0.3, 0.4) is 0 Å². The molecule has 3 nitrogen and oxygen atoms in total. The van der Waals surface area contributed by atoms with Gasteiger partial charge in [-0.15, -0.1) is 0 Å². The zero-order valence-corrected chi connectivity index (χ0v) is 9.59. The maximum absolute atomic E-state index is 12.7. The third-order valence-corrected chi connectivity index (χ3v) is 2.59. The molecule has 0 unspecified atom stereocenters. The fourth-order valence-corrected chi connectivity index (χ4v) is 1.60. The summed E-state index contributed by atoms with van der Waals surface area (Å²) in [5.74, 6) is -4.17. The van der Waals surface area contributed by atoms with Gasteiger partial charge in [0.1, 0.15) is 5.82 Å². The average Bonchev–Trinajstić information content (AvgIpc) is 2.36. The van der Waals surface area contributed by atoms with Gasteiger partial charge < -0.3 is 10.3 Å². The summed E-state index contributed by atoms with van der Waals surface area (Å²) >= 11 is 0. The van der Waals surface area contributed by atoms with Crippen LogP contribution in [-0.4, -0.2) is 23.9 Å². The van der Waals surface area contributed by atoms with Gasteiger partial charge in [-0.05, 0) is 17.5 Å². The Morgan fingerprint density at radius 1 is 1.26 bits per heavy atom. The van der Waals surface area contributed by atoms with Crippen LogP contribution in [0.2, 0.25) is 0 Å². The number of fused-ring (bicyclic) bond motifs is 1. The zero-order chi connectivity index (χ0) is 14.0. The van der Waals surface area contributed by atoms with Gasteiger partial charge in [0.05, 0.1) is 6.54 Å². The normalized spacial score (nSPS) is 12.1. The highest BCUT2D eigenvalue weighted by Gasteiger charge is 2.40. The van der Waals surface area contributed by atoms with E-state index in [-0.39, 0.29) is 5.82 Å². The van der Waals surface area contributed by atoms with Crippen LogP contribution in [0.4, 0.5) is 23.4 Å². The minimum absolute atomic E-state index is 0.0241. The number of anilines is 1. The van der Waals surface area contributed by atoms with Crippen molar-refractivity contribution in [3.05, 3.63) is 40.7 Å². The maximum Gasteiger partial charge on any atom is 0.324 e. The number of H-pyrrole nitrogens is 1. The lowest BCUT2D eigenvalue weighted by atomic mass is 10.2. The number of halogens is 4. The molecule has 0 bridgehead atoms. The molecule has 0 aliphatic carbocycles. The largest absolute Gasteiger partial charge is 0.365 e. The quantitative estimate of drug-likeness (QED) is 0.842. The van der Waals surface area contributed by atoms with Crippen LogP contribution in [0.25, 0.3) is 10.8 Å². The Balaban J connectivity index is 2.25. The molecular formula is C12H10F4N2O. The summed E-state index contributed by atoms with van der Waals surface area (Å²) in [5.41, 5.74) is -0.471. The Bertz CT molecular complexity index is 639. The number of aromatic amines is 1. The van der Waals surface area contributed by atoms with Crippen molar-refractivity contribution in [2.45, 2.75) is 12.3 Å². The van der Waals surface area contributed by atoms with Gasteiger partial charge in [-0.3, -0.25) is 4.79 Å². The van der Waals surface area contributed by atoms with Crippen molar-refractivity contribution >= 4 is 16.6 Å². The van der Waals surface area contributed by atoms with Crippen LogP contribution in [-0.2, 0) is 0 Å². The number of hydrogen-bond acceptors (Lipinski definition) is 2. The Labute approximate surface area is 105 Å². The van der Waals surface area contributed by atoms with Crippen molar-refractivity contribution in [3.63, 3.8) is 0 Å². The average molecular weight is 274 g/mol. The van der Waals surface area contributed by atoms with Gasteiger partial charge >= 0.3 is 12.3 Å². The fourth-order valence-electron chi connectivity index (χ4n) is 1.60. The van der Waals surface area contributed by atoms with E-state index < -0.39 is 24.5 Å². The Morgan fingerprint density at radius 3 is 2.63 bits per heavy atom. The molecule has 0 aliphatic heterocycles. The van der Waals surface area contributed by atoms with Crippen LogP contribution < -0.4 is 10.9 Å². The molecule has 1 aromatic heterocycles. The number of nitrogens with one attached hydrogen (secondary N) is 2. The van der Waals surface area contributed by atoms with E-state index in [9.17, 15) is 22.4 Å². The van der Waals surface area contributed by atoms with Crippen LogP contribution in [0, 0.1) is 0 Å². The molecule has 7 heteroatoms. The summed E-state index contributed by atoms with van der Waals surface area (Å²) in [7, 11) is 0. The summed E-state index contributed by atoms with van der Waals surface area (Å²) in [6, 6.07) is 7.96. The third-order valence-electron chi connectivity index (χ3n) is 2.59. The summed E-state index contributed by atoms with van der Waals surface area (Å²) in [5, 5.41) is 3.05. The van der Waals surface area contributed by atoms with E-state index in [1.807, 2.05) is 0 Å². The first kappa shape index (κ1) is 13.4. The topological polar surface area (TPSA) is 44.9 Å². The molecule has 0 radical (unpaired) electrons. The fraction of sp³-hybridized carbons (Fsp3) is 0.250. The molecule has 0 saturated carbocycles. The van der Waals surface area contributed by atoms with Crippen molar-refractivity contribution in [1.82, 2.24) is 4.98 Å². The van der Waals surface area contributed by atoms with E-state index in [1.165, 1.54) is 6.07 Å². The summed E-state index contributed by atoms with van der Waals surface area (Å²) in [4.78, 5) is 13.9. The van der Waals surface area contributed by atoms with E-state index in [0.29, 0.717) is 10.8 Å². The van der Waals surface area contributed by atoms with Gasteiger partial charge in [-0.1, -0.05) is 18.2 Å². The number of hydrogen-bond donors (Lipinski definition) is 2. The highest BCUT2D eigenvalue weighted by Crippen LogP contribution is 2.23. The van der Waals surface area contributed by atoms with Crippen molar-refractivity contribution in [2.24, 2.45) is 0 Å². The monoisotopic (exact) mass is 274 g/mol. The molecule has 2 aromatic rings. The molecule has 0 saturated heterocycles. The first-order chi connectivity index (χ1) is 8.90. The van der Waals surface area contributed by atoms with E-state index in [4.69, 9.17) is 0 Å². The molecule has 0 aliphatic rings. The standard InChI is InChI=1S/C12H10F4N2O/c13-11(14)12(15,16)6-17-9-5-7-3-1-2-4-8(7)10(19)18-9/h1-5,11H,6H2,(H2,17,18,19). The number of benzene rings is 1. The van der Waals surface area contributed by atoms with Crippen molar-refractivity contribution in [2.75, 3.05) is 11.9 Å². The molecular weight excluding hydrogens is 264 g/mol. The smallest absolute Gasteiger partial charge is 0.324 e. The molecule has 1 heterocycles. The van der Waals surface area contributed by atoms with E-state index in [1.54, 1.807) is 24.3 Å². The molecule has 19 heavy (non-hydrogen) atoms.